The van der Waals surface area contributed by atoms with Crippen molar-refractivity contribution in [3.63, 3.8) is 0 Å². The first-order chi connectivity index (χ1) is 1.41. The molecule has 1 radical (unpaired) electrons. The Morgan fingerprint density at radius 1 is 1.60 bits per heavy atom. The number of rotatable bonds is 0. The zero-order valence-corrected chi connectivity index (χ0v) is 4.63. The Hall–Kier alpha value is 2.49. The second-order valence-corrected chi connectivity index (χ2v) is 0.753. The van der Waals surface area contributed by atoms with Gasteiger partial charge in [0.2, 0.25) is 0 Å². The van der Waals surface area contributed by atoms with Crippen LogP contribution >= 0.6 is 0 Å². The molecule has 0 atom stereocenters. The van der Waals surface area contributed by atoms with Gasteiger partial charge in [0.25, 0.3) is 0 Å². The van der Waals surface area contributed by atoms with Gasteiger partial charge in [0.15, 0.2) is 0 Å². The van der Waals surface area contributed by atoms with E-state index in [0.717, 1.165) is 0 Å². The molecule has 0 N–H and O–H groups in total. The molecule has 0 heterocycles. The van der Waals surface area contributed by atoms with E-state index in [0.29, 0.717) is 0 Å². The molecule has 0 bridgehead atoms. The summed E-state index contributed by atoms with van der Waals surface area (Å²) < 4.78 is 9.02. The van der Waals surface area contributed by atoms with Crippen molar-refractivity contribution in [3.05, 3.63) is 0 Å². The molecular formula is HCoLiNaOV. The summed E-state index contributed by atoms with van der Waals surface area (Å²) >= 11 is 1.10. The van der Waals surface area contributed by atoms with Crippen molar-refractivity contribution >= 4 is 45.0 Å². The molecule has 1 nitrogen and oxygen atoms in total. The van der Waals surface area contributed by atoms with E-state index in [9.17, 15) is 0 Å². The molecule has 0 unspecified atom stereocenters. The fourth-order valence-electron chi connectivity index (χ4n) is 0. The van der Waals surface area contributed by atoms with Gasteiger partial charge in [-0.25, -0.2) is 0 Å². The van der Waals surface area contributed by atoms with Gasteiger partial charge in [-0.1, -0.05) is 0 Å². The monoisotopic (exact) mass is 157 g/mol. The van der Waals surface area contributed by atoms with Crippen molar-refractivity contribution in [1.82, 2.24) is 0 Å². The van der Waals surface area contributed by atoms with Crippen LogP contribution in [0.4, 0.5) is 0 Å². The van der Waals surface area contributed by atoms with Crippen LogP contribution in [0.15, 0.2) is 0 Å². The maximum atomic E-state index is 9.02. The Balaban J connectivity index is -0.0000000200. The van der Waals surface area contributed by atoms with Gasteiger partial charge in [0.05, 0.1) is 0 Å². The van der Waals surface area contributed by atoms with E-state index in [1.807, 2.05) is 0 Å². The average molecular weight is 157 g/mol. The fourth-order valence-corrected chi connectivity index (χ4v) is 0. The van der Waals surface area contributed by atoms with Crippen LogP contribution in [-0.2, 0) is 34.4 Å². The Labute approximate surface area is 78.1 Å². The minimum atomic E-state index is -0.562. The van der Waals surface area contributed by atoms with Crippen LogP contribution in [0.3, 0.4) is 0 Å². The third-order valence-corrected chi connectivity index (χ3v) is 0. The molecule has 0 aromatic heterocycles. The van der Waals surface area contributed by atoms with E-state index in [2.05, 4.69) is 0 Å². The number of hydrogen-bond acceptors (Lipinski definition) is 1. The fraction of sp³-hybridized carbons (Fsp3) is 0. The Morgan fingerprint density at radius 2 is 1.60 bits per heavy atom. The molecule has 0 amide bonds. The molecule has 0 aliphatic carbocycles. The second-order valence-electron chi connectivity index (χ2n) is 0.183. The summed E-state index contributed by atoms with van der Waals surface area (Å²) in [5, 5.41) is 0. The van der Waals surface area contributed by atoms with E-state index < -0.39 is 13.9 Å². The van der Waals surface area contributed by atoms with Crippen LogP contribution in [0.25, 0.3) is 0 Å². The van der Waals surface area contributed by atoms with E-state index in [1.165, 1.54) is 0 Å². The van der Waals surface area contributed by atoms with Crippen molar-refractivity contribution in [2.24, 2.45) is 0 Å². The van der Waals surface area contributed by atoms with Crippen molar-refractivity contribution in [2.45, 2.75) is 0 Å². The molecule has 0 spiro atoms. The van der Waals surface area contributed by atoms with Gasteiger partial charge in [-0.05, 0) is 0 Å². The third kappa shape index (κ3) is 21.1. The molecule has 0 aromatic carbocycles. The standard InChI is InChI=1S/Co.Li.Na.O.V.H. The van der Waals surface area contributed by atoms with Crippen LogP contribution in [0.1, 0.15) is 0 Å². The van der Waals surface area contributed by atoms with E-state index in [-0.39, 0.29) is 46.3 Å². The molecular weight excluding hydrogens is 156 g/mol. The summed E-state index contributed by atoms with van der Waals surface area (Å²) in [7, 11) is 0. The molecule has 0 fully saturated rings. The van der Waals surface area contributed by atoms with Crippen molar-refractivity contribution in [1.29, 1.82) is 0 Å². The molecule has 5 heteroatoms. The first-order valence-electron chi connectivity index (χ1n) is 0.630. The van der Waals surface area contributed by atoms with Gasteiger partial charge in [-0.3, -0.25) is 0 Å². The van der Waals surface area contributed by atoms with Crippen LogP contribution in [0.5, 0.6) is 0 Å². The molecule has 0 rings (SSSR count). The summed E-state index contributed by atoms with van der Waals surface area (Å²) in [4.78, 5) is 0. The van der Waals surface area contributed by atoms with Gasteiger partial charge in [0.1, 0.15) is 0 Å². The third-order valence-electron chi connectivity index (χ3n) is 0. The summed E-state index contributed by atoms with van der Waals surface area (Å²) in [6, 6.07) is 0. The SMILES string of the molecule is [Co].[Li][V]=[O].[NaH]. The van der Waals surface area contributed by atoms with Crippen LogP contribution in [0, 0.1) is 0 Å². The van der Waals surface area contributed by atoms with E-state index >= 15 is 0 Å². The first-order valence-corrected chi connectivity index (χ1v) is 2.60. The predicted molar refractivity (Wildman–Crippen MR) is 13.6 cm³/mol. The molecule has 23 valence electrons. The van der Waals surface area contributed by atoms with Crippen LogP contribution in [-0.4, -0.2) is 45.0 Å². The zero-order valence-electron chi connectivity index (χ0n) is 2.19. The van der Waals surface area contributed by atoms with Crippen molar-refractivity contribution < 1.29 is 34.4 Å². The molecule has 0 aliphatic rings. The zero-order chi connectivity index (χ0) is 2.71. The molecule has 0 aliphatic heterocycles. The molecule has 0 aromatic rings. The topological polar surface area (TPSA) is 17.1 Å². The number of hydrogen-bond donors (Lipinski definition) is 0. The summed E-state index contributed by atoms with van der Waals surface area (Å²) in [6.07, 6.45) is 0. The second kappa shape index (κ2) is 16.1. The molecule has 0 saturated carbocycles. The minimum absolute atomic E-state index is 0. The van der Waals surface area contributed by atoms with Gasteiger partial charge in [0, 0.05) is 16.8 Å². The Morgan fingerprint density at radius 3 is 1.60 bits per heavy atom. The van der Waals surface area contributed by atoms with Crippen molar-refractivity contribution in [3.8, 4) is 0 Å². The average Bonchev–Trinajstić information content (AvgIpc) is 0.918. The van der Waals surface area contributed by atoms with Gasteiger partial charge in [-0.2, -0.15) is 0 Å². The first kappa shape index (κ1) is 15.6. The van der Waals surface area contributed by atoms with E-state index in [1.54, 1.807) is 15.5 Å². The van der Waals surface area contributed by atoms with Gasteiger partial charge in [-0.15, -0.1) is 0 Å². The Bertz CT molecular complexity index is 19.1. The summed E-state index contributed by atoms with van der Waals surface area (Å²) in [6.45, 7) is 0. The summed E-state index contributed by atoms with van der Waals surface area (Å²) in [5.41, 5.74) is 0. The Kier molecular flexibility index (Phi) is 50.3. The van der Waals surface area contributed by atoms with Crippen molar-refractivity contribution in [2.75, 3.05) is 0 Å². The normalized spacial score (nSPS) is 2.80. The van der Waals surface area contributed by atoms with Crippen LogP contribution in [0.2, 0.25) is 0 Å². The van der Waals surface area contributed by atoms with Crippen LogP contribution < -0.4 is 0 Å². The quantitative estimate of drug-likeness (QED) is 0.405. The van der Waals surface area contributed by atoms with Gasteiger partial charge < -0.3 is 0 Å². The summed E-state index contributed by atoms with van der Waals surface area (Å²) in [5.74, 6) is 0. The van der Waals surface area contributed by atoms with Gasteiger partial charge >= 0.3 is 62.6 Å². The predicted octanol–water partition coefficient (Wildman–Crippen LogP) is -1.15. The molecule has 5 heavy (non-hydrogen) atoms. The van der Waals surface area contributed by atoms with E-state index in [4.69, 9.17) is 3.67 Å². The molecule has 0 saturated heterocycles. The maximum absolute atomic E-state index is 9.02.